The number of hydrogen-bond donors (Lipinski definition) is 0. The number of nitrogens with zero attached hydrogens (tertiary/aromatic N) is 4. The van der Waals surface area contributed by atoms with Gasteiger partial charge in [-0.1, -0.05) is 29.5 Å². The van der Waals surface area contributed by atoms with E-state index >= 15 is 0 Å². The third-order valence-electron chi connectivity index (χ3n) is 4.38. The molecule has 5 aromatic rings. The molecule has 0 aliphatic heterocycles. The van der Waals surface area contributed by atoms with E-state index in [4.69, 9.17) is 14.3 Å². The van der Waals surface area contributed by atoms with Crippen molar-refractivity contribution in [3.05, 3.63) is 54.1 Å². The molecule has 0 fully saturated rings. The van der Waals surface area contributed by atoms with E-state index in [1.807, 2.05) is 49.4 Å². The highest BCUT2D eigenvalue weighted by molar-refractivity contribution is 7.19. The minimum absolute atomic E-state index is 0.693. The number of para-hydroxylation sites is 1. The predicted octanol–water partition coefficient (Wildman–Crippen LogP) is 4.58. The van der Waals surface area contributed by atoms with E-state index in [-0.39, 0.29) is 0 Å². The quantitative estimate of drug-likeness (QED) is 0.470. The van der Waals surface area contributed by atoms with Crippen LogP contribution in [0.25, 0.3) is 38.1 Å². The second-order valence-corrected chi connectivity index (χ2v) is 6.86. The Labute approximate surface area is 152 Å². The number of rotatable bonds is 3. The predicted molar refractivity (Wildman–Crippen MR) is 101 cm³/mol. The van der Waals surface area contributed by atoms with Gasteiger partial charge in [0.25, 0.3) is 0 Å². The van der Waals surface area contributed by atoms with Gasteiger partial charge >= 0.3 is 0 Å². The smallest absolute Gasteiger partial charge is 0.235 e. The molecule has 0 atom stereocenters. The van der Waals surface area contributed by atoms with Crippen LogP contribution in [0.5, 0.6) is 5.75 Å². The number of aryl methyl sites for hydroxylation is 1. The summed E-state index contributed by atoms with van der Waals surface area (Å²) in [5.41, 5.74) is 2.87. The Hall–Kier alpha value is -3.19. The second-order valence-electron chi connectivity index (χ2n) is 5.91. The first kappa shape index (κ1) is 15.1. The van der Waals surface area contributed by atoms with Gasteiger partial charge in [-0.25, -0.2) is 0 Å². The maximum Gasteiger partial charge on any atom is 0.235 e. The third kappa shape index (κ3) is 2.21. The fraction of sp³-hybridized carbons (Fsp3) is 0.105. The van der Waals surface area contributed by atoms with Crippen molar-refractivity contribution in [3.63, 3.8) is 0 Å². The molecular formula is C19H14N4O2S. The Kier molecular flexibility index (Phi) is 3.29. The van der Waals surface area contributed by atoms with Gasteiger partial charge < -0.3 is 9.15 Å². The SMILES string of the molecule is COc1ccc(-c2nnc3sc(-c4oc5ccccc5c4C)nn23)cc1. The highest BCUT2D eigenvalue weighted by Crippen LogP contribution is 2.35. The zero-order chi connectivity index (χ0) is 17.7. The van der Waals surface area contributed by atoms with Crippen LogP contribution >= 0.6 is 11.3 Å². The van der Waals surface area contributed by atoms with Crippen molar-refractivity contribution in [2.45, 2.75) is 6.92 Å². The van der Waals surface area contributed by atoms with Crippen molar-refractivity contribution >= 4 is 27.3 Å². The largest absolute Gasteiger partial charge is 0.497 e. The Morgan fingerprint density at radius 2 is 1.85 bits per heavy atom. The van der Waals surface area contributed by atoms with E-state index in [1.54, 1.807) is 11.6 Å². The van der Waals surface area contributed by atoms with Crippen LogP contribution in [0.1, 0.15) is 5.56 Å². The Bertz CT molecular complexity index is 1230. The number of methoxy groups -OCH3 is 1. The number of ether oxygens (including phenoxy) is 1. The molecule has 0 aliphatic carbocycles. The summed E-state index contributed by atoms with van der Waals surface area (Å²) in [5, 5.41) is 15.1. The lowest BCUT2D eigenvalue weighted by Gasteiger charge is -2.00. The van der Waals surface area contributed by atoms with E-state index in [9.17, 15) is 0 Å². The number of aromatic nitrogens is 4. The van der Waals surface area contributed by atoms with Crippen LogP contribution in [0.4, 0.5) is 0 Å². The Morgan fingerprint density at radius 3 is 2.62 bits per heavy atom. The first-order valence-corrected chi connectivity index (χ1v) is 8.91. The van der Waals surface area contributed by atoms with Crippen LogP contribution in [0.15, 0.2) is 52.9 Å². The van der Waals surface area contributed by atoms with E-state index in [0.29, 0.717) is 5.82 Å². The fourth-order valence-corrected chi connectivity index (χ4v) is 3.89. The van der Waals surface area contributed by atoms with Crippen molar-refractivity contribution in [2.75, 3.05) is 7.11 Å². The summed E-state index contributed by atoms with van der Waals surface area (Å²) >= 11 is 1.46. The summed E-state index contributed by atoms with van der Waals surface area (Å²) in [7, 11) is 1.65. The van der Waals surface area contributed by atoms with E-state index in [1.165, 1.54) is 11.3 Å². The molecule has 0 radical (unpaired) electrons. The van der Waals surface area contributed by atoms with Crippen molar-refractivity contribution in [3.8, 4) is 27.9 Å². The standard InChI is InChI=1S/C19H14N4O2S/c1-11-14-5-3-4-6-15(14)25-16(11)18-22-23-17(20-21-19(23)26-18)12-7-9-13(24-2)10-8-12/h3-10H,1-2H3. The molecule has 0 amide bonds. The molecule has 0 aliphatic rings. The maximum atomic E-state index is 6.03. The molecule has 7 heteroatoms. The molecule has 0 saturated heterocycles. The molecule has 0 spiro atoms. The average molecular weight is 362 g/mol. The molecule has 128 valence electrons. The summed E-state index contributed by atoms with van der Waals surface area (Å²) in [4.78, 5) is 0.727. The molecule has 0 N–H and O–H groups in total. The first-order valence-electron chi connectivity index (χ1n) is 8.10. The molecule has 0 unspecified atom stereocenters. The van der Waals surface area contributed by atoms with Crippen molar-refractivity contribution in [2.24, 2.45) is 0 Å². The lowest BCUT2D eigenvalue weighted by molar-refractivity contribution is 0.415. The lowest BCUT2D eigenvalue weighted by Crippen LogP contribution is -1.91. The highest BCUT2D eigenvalue weighted by Gasteiger charge is 2.19. The van der Waals surface area contributed by atoms with Gasteiger partial charge in [0, 0.05) is 16.5 Å². The normalized spacial score (nSPS) is 11.5. The van der Waals surface area contributed by atoms with Crippen molar-refractivity contribution in [1.29, 1.82) is 0 Å². The first-order chi connectivity index (χ1) is 12.7. The van der Waals surface area contributed by atoms with Gasteiger partial charge in [0.15, 0.2) is 16.6 Å². The minimum atomic E-state index is 0.693. The van der Waals surface area contributed by atoms with Gasteiger partial charge in [-0.05, 0) is 37.3 Å². The summed E-state index contributed by atoms with van der Waals surface area (Å²) in [6.45, 7) is 2.05. The van der Waals surface area contributed by atoms with Crippen LogP contribution in [0, 0.1) is 6.92 Å². The third-order valence-corrected chi connectivity index (χ3v) is 5.27. The molecule has 3 heterocycles. The molecule has 26 heavy (non-hydrogen) atoms. The lowest BCUT2D eigenvalue weighted by atomic mass is 10.1. The van der Waals surface area contributed by atoms with E-state index in [0.717, 1.165) is 43.6 Å². The van der Waals surface area contributed by atoms with E-state index < -0.39 is 0 Å². The number of furan rings is 1. The summed E-state index contributed by atoms with van der Waals surface area (Å²) < 4.78 is 13.0. The second kappa shape index (κ2) is 5.67. The van der Waals surface area contributed by atoms with E-state index in [2.05, 4.69) is 16.3 Å². The molecule has 2 aromatic carbocycles. The summed E-state index contributed by atoms with van der Waals surface area (Å²) in [5.74, 6) is 2.27. The van der Waals surface area contributed by atoms with Gasteiger partial charge in [-0.3, -0.25) is 0 Å². The van der Waals surface area contributed by atoms with Crippen LogP contribution in [-0.2, 0) is 0 Å². The van der Waals surface area contributed by atoms with Gasteiger partial charge in [-0.2, -0.15) is 4.52 Å². The monoisotopic (exact) mass is 362 g/mol. The zero-order valence-corrected chi connectivity index (χ0v) is 14.9. The maximum absolute atomic E-state index is 6.03. The zero-order valence-electron chi connectivity index (χ0n) is 14.1. The Balaban J connectivity index is 1.64. The summed E-state index contributed by atoms with van der Waals surface area (Å²) in [6, 6.07) is 15.7. The molecule has 5 rings (SSSR count). The van der Waals surface area contributed by atoms with Crippen LogP contribution < -0.4 is 4.74 Å². The van der Waals surface area contributed by atoms with Crippen LogP contribution in [0.3, 0.4) is 0 Å². The Morgan fingerprint density at radius 1 is 1.04 bits per heavy atom. The minimum Gasteiger partial charge on any atom is -0.497 e. The molecule has 6 nitrogen and oxygen atoms in total. The number of fused-ring (bicyclic) bond motifs is 2. The fourth-order valence-electron chi connectivity index (χ4n) is 3.01. The highest BCUT2D eigenvalue weighted by atomic mass is 32.1. The van der Waals surface area contributed by atoms with Gasteiger partial charge in [-0.15, -0.1) is 15.3 Å². The summed E-state index contributed by atoms with van der Waals surface area (Å²) in [6.07, 6.45) is 0. The molecule has 0 bridgehead atoms. The van der Waals surface area contributed by atoms with Crippen LogP contribution in [-0.4, -0.2) is 26.9 Å². The molecular weight excluding hydrogens is 348 g/mol. The van der Waals surface area contributed by atoms with Crippen molar-refractivity contribution < 1.29 is 9.15 Å². The molecule has 3 aromatic heterocycles. The van der Waals surface area contributed by atoms with Gasteiger partial charge in [0.2, 0.25) is 4.96 Å². The van der Waals surface area contributed by atoms with Gasteiger partial charge in [0.1, 0.15) is 11.3 Å². The van der Waals surface area contributed by atoms with Crippen molar-refractivity contribution in [1.82, 2.24) is 19.8 Å². The van der Waals surface area contributed by atoms with Gasteiger partial charge in [0.05, 0.1) is 7.11 Å². The number of hydrogen-bond acceptors (Lipinski definition) is 6. The average Bonchev–Trinajstić information content (AvgIpc) is 3.35. The topological polar surface area (TPSA) is 65.5 Å². The van der Waals surface area contributed by atoms with Crippen LogP contribution in [0.2, 0.25) is 0 Å². The molecule has 0 saturated carbocycles. The number of benzene rings is 2.